The molecule has 1 aliphatic rings. The Bertz CT molecular complexity index is 209. The predicted molar refractivity (Wildman–Crippen MR) is 58.7 cm³/mol. The highest BCUT2D eigenvalue weighted by Crippen LogP contribution is 2.41. The van der Waals surface area contributed by atoms with E-state index in [2.05, 4.69) is 30.5 Å². The zero-order valence-corrected chi connectivity index (χ0v) is 9.03. The first-order chi connectivity index (χ1) is 6.70. The fourth-order valence-corrected chi connectivity index (χ4v) is 1.54. The first-order valence-corrected chi connectivity index (χ1v) is 4.68. The van der Waals surface area contributed by atoms with Crippen molar-refractivity contribution in [1.29, 1.82) is 0 Å². The van der Waals surface area contributed by atoms with Crippen LogP contribution in [-0.4, -0.2) is 29.2 Å². The number of hydrogen-bond acceptors (Lipinski definition) is 4. The average molecular weight is 199 g/mol. The summed E-state index contributed by atoms with van der Waals surface area (Å²) >= 11 is 0. The molecule has 1 saturated carbocycles. The second kappa shape index (κ2) is 5.80. The standard InChI is InChI=1S/C10H18N2.H3NO/c1-4-9(5-2)12(3)10(8-11)6-7-10;1-2/h4-5H,1,6-8,11H2,2-3H3;2H,1H2/b9-5+;. The van der Waals surface area contributed by atoms with Gasteiger partial charge >= 0.3 is 0 Å². The molecule has 1 rings (SSSR count). The number of likely N-dealkylation sites (N-methyl/N-ethyl adjacent to an activating group) is 1. The van der Waals surface area contributed by atoms with Crippen molar-refractivity contribution in [3.8, 4) is 0 Å². The number of nitrogens with zero attached hydrogens (tertiary/aromatic N) is 1. The van der Waals surface area contributed by atoms with Crippen LogP contribution in [-0.2, 0) is 0 Å². The maximum absolute atomic E-state index is 6.50. The van der Waals surface area contributed by atoms with Crippen LogP contribution in [0.25, 0.3) is 0 Å². The number of rotatable bonds is 4. The Labute approximate surface area is 85.8 Å². The van der Waals surface area contributed by atoms with Gasteiger partial charge in [0.1, 0.15) is 0 Å². The second-order valence-corrected chi connectivity index (χ2v) is 3.41. The van der Waals surface area contributed by atoms with E-state index in [4.69, 9.17) is 10.9 Å². The summed E-state index contributed by atoms with van der Waals surface area (Å²) in [6.45, 7) is 6.55. The minimum Gasteiger partial charge on any atom is -0.368 e. The highest BCUT2D eigenvalue weighted by Gasteiger charge is 2.45. The Morgan fingerprint density at radius 3 is 2.29 bits per heavy atom. The fourth-order valence-electron chi connectivity index (χ4n) is 1.54. The van der Waals surface area contributed by atoms with Gasteiger partial charge in [0.2, 0.25) is 0 Å². The van der Waals surface area contributed by atoms with Gasteiger partial charge in [0.15, 0.2) is 0 Å². The van der Waals surface area contributed by atoms with Crippen molar-refractivity contribution in [2.75, 3.05) is 13.6 Å². The summed E-state index contributed by atoms with van der Waals surface area (Å²) in [6.07, 6.45) is 6.38. The summed E-state index contributed by atoms with van der Waals surface area (Å²) in [5.74, 6) is 3.50. The molecule has 0 unspecified atom stereocenters. The number of nitrogens with two attached hydrogens (primary N) is 2. The summed E-state index contributed by atoms with van der Waals surface area (Å²) in [4.78, 5) is 2.25. The lowest BCUT2D eigenvalue weighted by molar-refractivity contribution is 0.296. The van der Waals surface area contributed by atoms with E-state index < -0.39 is 0 Å². The summed E-state index contributed by atoms with van der Waals surface area (Å²) in [5.41, 5.74) is 7.14. The van der Waals surface area contributed by atoms with Gasteiger partial charge in [0.05, 0.1) is 5.54 Å². The molecule has 0 atom stereocenters. The van der Waals surface area contributed by atoms with Crippen molar-refractivity contribution in [2.24, 2.45) is 11.6 Å². The lowest BCUT2D eigenvalue weighted by Crippen LogP contribution is -2.39. The lowest BCUT2D eigenvalue weighted by Gasteiger charge is -2.29. The highest BCUT2D eigenvalue weighted by atomic mass is 16.4. The smallest absolute Gasteiger partial charge is 0.0522 e. The summed E-state index contributed by atoms with van der Waals surface area (Å²) in [6, 6.07) is 0. The van der Waals surface area contributed by atoms with Crippen LogP contribution >= 0.6 is 0 Å². The van der Waals surface area contributed by atoms with Crippen LogP contribution < -0.4 is 11.6 Å². The van der Waals surface area contributed by atoms with Crippen molar-refractivity contribution in [1.82, 2.24) is 4.90 Å². The SMILES string of the molecule is C=C/C(=C\C)N(C)C1(CN)CC1.NO. The minimum absolute atomic E-state index is 0.246. The molecule has 0 amide bonds. The van der Waals surface area contributed by atoms with Gasteiger partial charge < -0.3 is 15.8 Å². The molecule has 0 heterocycles. The van der Waals surface area contributed by atoms with Gasteiger partial charge in [-0.3, -0.25) is 0 Å². The third-order valence-electron chi connectivity index (χ3n) is 2.81. The van der Waals surface area contributed by atoms with Gasteiger partial charge in [-0.1, -0.05) is 12.7 Å². The van der Waals surface area contributed by atoms with Crippen LogP contribution in [0.15, 0.2) is 24.4 Å². The predicted octanol–water partition coefficient (Wildman–Crippen LogP) is 0.834. The Hall–Kier alpha value is -0.840. The van der Waals surface area contributed by atoms with Crippen LogP contribution in [0.4, 0.5) is 0 Å². The van der Waals surface area contributed by atoms with Gasteiger partial charge in [-0.15, -0.1) is 0 Å². The molecule has 0 spiro atoms. The Morgan fingerprint density at radius 2 is 2.07 bits per heavy atom. The molecule has 4 heteroatoms. The molecule has 0 bridgehead atoms. The second-order valence-electron chi connectivity index (χ2n) is 3.41. The molecule has 1 aliphatic carbocycles. The number of allylic oxidation sites excluding steroid dienone is 2. The molecular formula is C10H21N3O. The van der Waals surface area contributed by atoms with E-state index in [1.54, 1.807) is 0 Å². The highest BCUT2D eigenvalue weighted by molar-refractivity contribution is 5.20. The van der Waals surface area contributed by atoms with Crippen molar-refractivity contribution < 1.29 is 5.21 Å². The Kier molecular flexibility index (Phi) is 5.45. The molecule has 82 valence electrons. The molecule has 14 heavy (non-hydrogen) atoms. The normalized spacial score (nSPS) is 17.9. The Morgan fingerprint density at radius 1 is 1.57 bits per heavy atom. The maximum atomic E-state index is 6.50. The van der Waals surface area contributed by atoms with Crippen LogP contribution in [0.1, 0.15) is 19.8 Å². The van der Waals surface area contributed by atoms with Crippen molar-refractivity contribution >= 4 is 0 Å². The summed E-state index contributed by atoms with van der Waals surface area (Å²) < 4.78 is 0. The molecule has 4 nitrogen and oxygen atoms in total. The third kappa shape index (κ3) is 2.57. The van der Waals surface area contributed by atoms with Gasteiger partial charge in [-0.25, -0.2) is 5.90 Å². The summed E-state index contributed by atoms with van der Waals surface area (Å²) in [5, 5.41) is 6.50. The number of hydrogen-bond donors (Lipinski definition) is 3. The van der Waals surface area contributed by atoms with Gasteiger partial charge in [0, 0.05) is 19.3 Å². The monoisotopic (exact) mass is 199 g/mol. The quantitative estimate of drug-likeness (QED) is 0.463. The minimum atomic E-state index is 0.246. The lowest BCUT2D eigenvalue weighted by atomic mass is 10.2. The first kappa shape index (κ1) is 13.2. The zero-order chi connectivity index (χ0) is 11.2. The zero-order valence-electron chi connectivity index (χ0n) is 9.03. The van der Waals surface area contributed by atoms with Crippen molar-refractivity contribution in [3.05, 3.63) is 24.4 Å². The van der Waals surface area contributed by atoms with Crippen LogP contribution in [0.3, 0.4) is 0 Å². The van der Waals surface area contributed by atoms with E-state index >= 15 is 0 Å². The van der Waals surface area contributed by atoms with Gasteiger partial charge in [-0.2, -0.15) is 0 Å². The molecule has 0 aliphatic heterocycles. The molecular weight excluding hydrogens is 178 g/mol. The van der Waals surface area contributed by atoms with Crippen LogP contribution in [0.5, 0.6) is 0 Å². The third-order valence-corrected chi connectivity index (χ3v) is 2.81. The van der Waals surface area contributed by atoms with E-state index in [-0.39, 0.29) is 5.54 Å². The molecule has 0 radical (unpaired) electrons. The van der Waals surface area contributed by atoms with E-state index in [1.807, 2.05) is 13.0 Å². The van der Waals surface area contributed by atoms with E-state index in [9.17, 15) is 0 Å². The van der Waals surface area contributed by atoms with E-state index in [0.717, 1.165) is 6.54 Å². The van der Waals surface area contributed by atoms with E-state index in [1.165, 1.54) is 18.5 Å². The van der Waals surface area contributed by atoms with Crippen molar-refractivity contribution in [3.63, 3.8) is 0 Å². The van der Waals surface area contributed by atoms with Gasteiger partial charge in [0.25, 0.3) is 0 Å². The topological polar surface area (TPSA) is 75.5 Å². The first-order valence-electron chi connectivity index (χ1n) is 4.68. The van der Waals surface area contributed by atoms with Crippen LogP contribution in [0, 0.1) is 0 Å². The fraction of sp³-hybridized carbons (Fsp3) is 0.600. The van der Waals surface area contributed by atoms with E-state index in [0.29, 0.717) is 0 Å². The molecule has 0 aromatic rings. The van der Waals surface area contributed by atoms with Gasteiger partial charge in [-0.05, 0) is 25.8 Å². The average Bonchev–Trinajstić information content (AvgIpc) is 3.03. The maximum Gasteiger partial charge on any atom is 0.0522 e. The molecule has 0 aromatic heterocycles. The molecule has 5 N–H and O–H groups in total. The Balaban J connectivity index is 0.000000791. The molecule has 1 fully saturated rings. The molecule has 0 saturated heterocycles. The van der Waals surface area contributed by atoms with Crippen LogP contribution in [0.2, 0.25) is 0 Å². The van der Waals surface area contributed by atoms with Crippen molar-refractivity contribution in [2.45, 2.75) is 25.3 Å². The largest absolute Gasteiger partial charge is 0.368 e. The summed E-state index contributed by atoms with van der Waals surface area (Å²) in [7, 11) is 2.09. The molecule has 0 aromatic carbocycles.